The lowest BCUT2D eigenvalue weighted by Crippen LogP contribution is -2.24. The summed E-state index contributed by atoms with van der Waals surface area (Å²) in [6.07, 6.45) is 1.96. The quantitative estimate of drug-likeness (QED) is 0.917. The molecule has 5 nitrogen and oxygen atoms in total. The van der Waals surface area contributed by atoms with E-state index < -0.39 is 17.1 Å². The molecule has 0 amide bonds. The molecule has 2 aromatic rings. The number of carboxylic acids is 1. The number of carboxylic acid groups (broad SMARTS) is 1. The molecule has 0 aliphatic carbocycles. The van der Waals surface area contributed by atoms with E-state index in [9.17, 15) is 9.59 Å². The second kappa shape index (κ2) is 5.76. The Morgan fingerprint density at radius 2 is 2.20 bits per heavy atom. The summed E-state index contributed by atoms with van der Waals surface area (Å²) < 4.78 is 2.03. The first kappa shape index (κ1) is 14.7. The number of hydrogen-bond acceptors (Lipinski definition) is 3. The van der Waals surface area contributed by atoms with Gasteiger partial charge in [-0.3, -0.25) is 4.79 Å². The fourth-order valence-electron chi connectivity index (χ4n) is 1.69. The number of nitrogens with zero attached hydrogens (tertiary/aromatic N) is 2. The Bertz CT molecular complexity index is 743. The van der Waals surface area contributed by atoms with Crippen molar-refractivity contribution in [3.05, 3.63) is 55.4 Å². The molecular weight excluding hydrogens is 348 g/mol. The molecular formula is C13H10BrClN2O3. The van der Waals surface area contributed by atoms with Gasteiger partial charge in [0.1, 0.15) is 0 Å². The van der Waals surface area contributed by atoms with Crippen LogP contribution in [-0.4, -0.2) is 20.9 Å². The second-order valence-electron chi connectivity index (χ2n) is 4.03. The summed E-state index contributed by atoms with van der Waals surface area (Å²) in [6.45, 7) is 1.78. The van der Waals surface area contributed by atoms with Gasteiger partial charge in [0.25, 0.3) is 0 Å². The lowest BCUT2D eigenvalue weighted by atomic mass is 10.2. The summed E-state index contributed by atoms with van der Waals surface area (Å²) in [5, 5.41) is 13.4. The number of hydrogen-bond donors (Lipinski definition) is 1. The SMILES string of the molecule is CCc1cn(-c2ccc(Cl)c(Br)c2)nc(C(=O)O)c1=O. The number of rotatable bonds is 3. The van der Waals surface area contributed by atoms with E-state index in [1.54, 1.807) is 25.1 Å². The van der Waals surface area contributed by atoms with Crippen molar-refractivity contribution >= 4 is 33.5 Å². The van der Waals surface area contributed by atoms with Gasteiger partial charge in [0, 0.05) is 16.2 Å². The van der Waals surface area contributed by atoms with Gasteiger partial charge in [0.2, 0.25) is 11.1 Å². The summed E-state index contributed by atoms with van der Waals surface area (Å²) in [4.78, 5) is 22.9. The van der Waals surface area contributed by atoms with Crippen LogP contribution in [0.5, 0.6) is 0 Å². The maximum atomic E-state index is 11.9. The van der Waals surface area contributed by atoms with Crippen LogP contribution < -0.4 is 5.43 Å². The smallest absolute Gasteiger partial charge is 0.360 e. The predicted molar refractivity (Wildman–Crippen MR) is 78.9 cm³/mol. The summed E-state index contributed by atoms with van der Waals surface area (Å²) in [6, 6.07) is 5.05. The number of benzene rings is 1. The Hall–Kier alpha value is -1.66. The van der Waals surface area contributed by atoms with Gasteiger partial charge < -0.3 is 5.11 Å². The molecule has 1 heterocycles. The van der Waals surface area contributed by atoms with E-state index in [-0.39, 0.29) is 0 Å². The lowest BCUT2D eigenvalue weighted by molar-refractivity contribution is 0.0686. The highest BCUT2D eigenvalue weighted by molar-refractivity contribution is 9.10. The van der Waals surface area contributed by atoms with Crippen LogP contribution in [-0.2, 0) is 6.42 Å². The molecule has 20 heavy (non-hydrogen) atoms. The fraction of sp³-hybridized carbons (Fsp3) is 0.154. The number of aromatic nitrogens is 2. The second-order valence-corrected chi connectivity index (χ2v) is 5.30. The highest BCUT2D eigenvalue weighted by atomic mass is 79.9. The molecule has 0 fully saturated rings. The maximum Gasteiger partial charge on any atom is 0.360 e. The molecule has 0 aliphatic heterocycles. The standard InChI is InChI=1S/C13H10BrClN2O3/c1-2-7-6-17(16-11(12(7)18)13(19)20)8-3-4-10(15)9(14)5-8/h3-6H,2H2,1H3,(H,19,20). The third-order valence-electron chi connectivity index (χ3n) is 2.74. The average Bonchev–Trinajstić information content (AvgIpc) is 2.42. The van der Waals surface area contributed by atoms with E-state index in [2.05, 4.69) is 21.0 Å². The number of carbonyl (C=O) groups is 1. The van der Waals surface area contributed by atoms with E-state index in [4.69, 9.17) is 16.7 Å². The summed E-state index contributed by atoms with van der Waals surface area (Å²) in [7, 11) is 0. The summed E-state index contributed by atoms with van der Waals surface area (Å²) >= 11 is 9.20. The van der Waals surface area contributed by atoms with Crippen LogP contribution in [0.25, 0.3) is 5.69 Å². The van der Waals surface area contributed by atoms with Gasteiger partial charge in [-0.2, -0.15) is 5.10 Å². The molecule has 1 aromatic heterocycles. The van der Waals surface area contributed by atoms with Gasteiger partial charge >= 0.3 is 5.97 Å². The van der Waals surface area contributed by atoms with Crippen LogP contribution in [0.2, 0.25) is 5.02 Å². The molecule has 1 aromatic carbocycles. The van der Waals surface area contributed by atoms with Crippen molar-refractivity contribution in [1.29, 1.82) is 0 Å². The van der Waals surface area contributed by atoms with Crippen molar-refractivity contribution in [2.45, 2.75) is 13.3 Å². The molecule has 0 bridgehead atoms. The largest absolute Gasteiger partial charge is 0.476 e. The monoisotopic (exact) mass is 356 g/mol. The fourth-order valence-corrected chi connectivity index (χ4v) is 2.18. The first-order valence-corrected chi connectivity index (χ1v) is 6.92. The van der Waals surface area contributed by atoms with Crippen molar-refractivity contribution in [3.8, 4) is 5.69 Å². The lowest BCUT2D eigenvalue weighted by Gasteiger charge is -2.09. The topological polar surface area (TPSA) is 72.2 Å². The Labute approximate surface area is 127 Å². The molecule has 2 rings (SSSR count). The molecule has 1 N–H and O–H groups in total. The number of aryl methyl sites for hydroxylation is 1. The van der Waals surface area contributed by atoms with Gasteiger partial charge in [0.15, 0.2) is 0 Å². The Morgan fingerprint density at radius 1 is 1.50 bits per heavy atom. The van der Waals surface area contributed by atoms with Gasteiger partial charge in [-0.15, -0.1) is 0 Å². The highest BCUT2D eigenvalue weighted by Gasteiger charge is 2.15. The Kier molecular flexibility index (Phi) is 4.25. The van der Waals surface area contributed by atoms with E-state index in [1.807, 2.05) is 0 Å². The molecule has 104 valence electrons. The molecule has 0 spiro atoms. The Morgan fingerprint density at radius 3 is 2.75 bits per heavy atom. The van der Waals surface area contributed by atoms with Crippen molar-refractivity contribution in [3.63, 3.8) is 0 Å². The molecule has 0 radical (unpaired) electrons. The van der Waals surface area contributed by atoms with Crippen molar-refractivity contribution < 1.29 is 9.90 Å². The normalized spacial score (nSPS) is 10.6. The zero-order valence-corrected chi connectivity index (χ0v) is 12.8. The molecule has 0 saturated carbocycles. The van der Waals surface area contributed by atoms with E-state index in [1.165, 1.54) is 10.9 Å². The van der Waals surface area contributed by atoms with E-state index in [0.717, 1.165) is 0 Å². The van der Waals surface area contributed by atoms with Crippen molar-refractivity contribution in [1.82, 2.24) is 9.78 Å². The van der Waals surface area contributed by atoms with Crippen LogP contribution in [0.1, 0.15) is 23.0 Å². The average molecular weight is 358 g/mol. The van der Waals surface area contributed by atoms with Crippen LogP contribution in [0.15, 0.2) is 33.7 Å². The molecule has 7 heteroatoms. The zero-order chi connectivity index (χ0) is 14.9. The maximum absolute atomic E-state index is 11.9. The number of aromatic carboxylic acids is 1. The van der Waals surface area contributed by atoms with Crippen molar-refractivity contribution in [2.75, 3.05) is 0 Å². The van der Waals surface area contributed by atoms with Crippen LogP contribution >= 0.6 is 27.5 Å². The Balaban J connectivity index is 2.68. The third-order valence-corrected chi connectivity index (χ3v) is 3.96. The highest BCUT2D eigenvalue weighted by Crippen LogP contribution is 2.24. The van der Waals surface area contributed by atoms with Crippen molar-refractivity contribution in [2.24, 2.45) is 0 Å². The van der Waals surface area contributed by atoms with Gasteiger partial charge in [-0.25, -0.2) is 9.48 Å². The first-order chi connectivity index (χ1) is 9.43. The zero-order valence-electron chi connectivity index (χ0n) is 10.4. The number of halogens is 2. The van der Waals surface area contributed by atoms with E-state index in [0.29, 0.717) is 27.2 Å². The minimum Gasteiger partial charge on any atom is -0.476 e. The molecule has 0 unspecified atom stereocenters. The minimum atomic E-state index is -1.34. The van der Waals surface area contributed by atoms with Gasteiger partial charge in [-0.1, -0.05) is 18.5 Å². The van der Waals surface area contributed by atoms with Gasteiger partial charge in [0.05, 0.1) is 10.7 Å². The predicted octanol–water partition coefficient (Wildman–Crippen LogP) is 2.91. The van der Waals surface area contributed by atoms with E-state index >= 15 is 0 Å². The first-order valence-electron chi connectivity index (χ1n) is 5.75. The van der Waals surface area contributed by atoms with Crippen LogP contribution in [0, 0.1) is 0 Å². The summed E-state index contributed by atoms with van der Waals surface area (Å²) in [5.74, 6) is -1.34. The van der Waals surface area contributed by atoms with Gasteiger partial charge in [-0.05, 0) is 40.5 Å². The minimum absolute atomic E-state index is 0.392. The van der Waals surface area contributed by atoms with Crippen LogP contribution in [0.3, 0.4) is 0 Å². The molecule has 0 atom stereocenters. The molecule has 0 aliphatic rings. The summed E-state index contributed by atoms with van der Waals surface area (Å²) in [5.41, 5.74) is -0.0401. The molecule has 0 saturated heterocycles. The van der Waals surface area contributed by atoms with Crippen LogP contribution in [0.4, 0.5) is 0 Å². The third kappa shape index (κ3) is 2.76.